The van der Waals surface area contributed by atoms with E-state index in [1.165, 1.54) is 0 Å². The molecule has 0 aliphatic rings. The van der Waals surface area contributed by atoms with Gasteiger partial charge in [0.1, 0.15) is 15.7 Å². The molecule has 0 amide bonds. The Bertz CT molecular complexity index is 372. The zero-order valence-electron chi connectivity index (χ0n) is 12.9. The molecule has 12 radical (unpaired) electrons. The lowest BCUT2D eigenvalue weighted by Crippen LogP contribution is -2.54. The molecule has 4 N–H and O–H groups in total. The highest BCUT2D eigenvalue weighted by Gasteiger charge is 2.19. The normalized spacial score (nSPS) is 14.1. The molecular formula is C10H16B6N4O3. The maximum Gasteiger partial charge on any atom is 0.140 e. The summed E-state index contributed by atoms with van der Waals surface area (Å²) in [5, 5.41) is 24.7. The van der Waals surface area contributed by atoms with Crippen LogP contribution in [0.3, 0.4) is 0 Å². The Hall–Kier alpha value is -0.790. The van der Waals surface area contributed by atoms with Crippen LogP contribution >= 0.6 is 0 Å². The summed E-state index contributed by atoms with van der Waals surface area (Å²) in [6.45, 7) is 1.74. The fourth-order valence-corrected chi connectivity index (χ4v) is 1.39. The van der Waals surface area contributed by atoms with E-state index in [9.17, 15) is 0 Å². The van der Waals surface area contributed by atoms with Crippen molar-refractivity contribution in [3.63, 3.8) is 0 Å². The van der Waals surface area contributed by atoms with Crippen LogP contribution in [-0.2, 0) is 4.74 Å². The standard InChI is InChI=1S/C10H16B6N4O3/c11-7(19-21)9(13,14)17-3-1-5-23-6-2-4-18-10(15,16)8(12)20-22/h17-18,21-22H,1-6H2/b19-7-,20-8-. The van der Waals surface area contributed by atoms with E-state index in [1.807, 2.05) is 0 Å². The van der Waals surface area contributed by atoms with Crippen molar-refractivity contribution in [2.24, 2.45) is 10.3 Å². The predicted octanol–water partition coefficient (Wildman–Crippen LogP) is -3.14. The van der Waals surface area contributed by atoms with Crippen LogP contribution < -0.4 is 10.6 Å². The Balaban J connectivity index is 3.65. The van der Waals surface area contributed by atoms with E-state index >= 15 is 0 Å². The molecule has 7 nitrogen and oxygen atoms in total. The highest BCUT2D eigenvalue weighted by molar-refractivity contribution is 6.74. The smallest absolute Gasteiger partial charge is 0.140 e. The molecule has 0 rings (SSSR count). The minimum atomic E-state index is -1.57. The summed E-state index contributed by atoms with van der Waals surface area (Å²) < 4.78 is 5.37. The van der Waals surface area contributed by atoms with E-state index in [0.717, 1.165) is 0 Å². The van der Waals surface area contributed by atoms with Gasteiger partial charge in [-0.2, -0.15) is 0 Å². The number of oxime groups is 2. The molecule has 23 heavy (non-hydrogen) atoms. The summed E-state index contributed by atoms with van der Waals surface area (Å²) in [5.41, 5.74) is -0.635. The van der Waals surface area contributed by atoms with E-state index in [2.05, 4.69) is 20.9 Å². The molecule has 13 heteroatoms. The van der Waals surface area contributed by atoms with Gasteiger partial charge >= 0.3 is 0 Å². The highest BCUT2D eigenvalue weighted by atomic mass is 16.5. The van der Waals surface area contributed by atoms with Crippen molar-refractivity contribution in [1.82, 2.24) is 10.6 Å². The molecule has 0 heterocycles. The zero-order valence-corrected chi connectivity index (χ0v) is 12.9. The first-order valence-corrected chi connectivity index (χ1v) is 6.86. The van der Waals surface area contributed by atoms with E-state index in [-0.39, 0.29) is 11.2 Å². The maximum absolute atomic E-state index is 8.49. The molecule has 0 saturated carbocycles. The van der Waals surface area contributed by atoms with Crippen molar-refractivity contribution >= 4 is 58.3 Å². The van der Waals surface area contributed by atoms with Crippen molar-refractivity contribution in [2.75, 3.05) is 26.3 Å². The van der Waals surface area contributed by atoms with Gasteiger partial charge in [-0.05, 0) is 36.6 Å². The van der Waals surface area contributed by atoms with Crippen molar-refractivity contribution in [1.29, 1.82) is 0 Å². The minimum absolute atomic E-state index is 0.317. The van der Waals surface area contributed by atoms with E-state index in [4.69, 9.17) is 62.2 Å². The van der Waals surface area contributed by atoms with Crippen LogP contribution in [0.2, 0.25) is 0 Å². The lowest BCUT2D eigenvalue weighted by atomic mass is 9.54. The molecule has 0 aliphatic heterocycles. The molecule has 0 aromatic heterocycles. The molecule has 0 aromatic carbocycles. The summed E-state index contributed by atoms with van der Waals surface area (Å²) in [4.78, 5) is 0. The second-order valence-electron chi connectivity index (χ2n) is 4.88. The Labute approximate surface area is 144 Å². The van der Waals surface area contributed by atoms with Crippen molar-refractivity contribution < 1.29 is 15.2 Å². The SMILES string of the molecule is [B]/C(=N\O)C([B])([B])NCCCOCCCNC([B])([B])/C([B])=N/O. The first kappa shape index (κ1) is 22.2. The molecule has 0 aliphatic carbocycles. The Morgan fingerprint density at radius 1 is 0.826 bits per heavy atom. The van der Waals surface area contributed by atoms with Crippen LogP contribution in [0.15, 0.2) is 10.3 Å². The van der Waals surface area contributed by atoms with Gasteiger partial charge in [0, 0.05) is 24.4 Å². The van der Waals surface area contributed by atoms with Crippen molar-refractivity contribution in [3.05, 3.63) is 0 Å². The van der Waals surface area contributed by atoms with Crippen molar-refractivity contribution in [3.8, 4) is 0 Å². The Morgan fingerprint density at radius 3 is 1.48 bits per heavy atom. The largest absolute Gasteiger partial charge is 0.412 e. The minimum Gasteiger partial charge on any atom is -0.412 e. The van der Waals surface area contributed by atoms with Gasteiger partial charge in [-0.25, -0.2) is 0 Å². The van der Waals surface area contributed by atoms with Crippen molar-refractivity contribution in [2.45, 2.75) is 23.5 Å². The van der Waals surface area contributed by atoms with Gasteiger partial charge in [0.15, 0.2) is 0 Å². The summed E-state index contributed by atoms with van der Waals surface area (Å²) in [5.74, 6) is 0. The van der Waals surface area contributed by atoms with Gasteiger partial charge in [0.05, 0.1) is 31.4 Å². The number of hydrogen-bond donors (Lipinski definition) is 4. The fourth-order valence-electron chi connectivity index (χ4n) is 1.39. The van der Waals surface area contributed by atoms with E-state index in [0.29, 0.717) is 39.1 Å². The third kappa shape index (κ3) is 9.17. The molecule has 0 aromatic rings. The average Bonchev–Trinajstić information content (AvgIpc) is 2.51. The lowest BCUT2D eigenvalue weighted by Gasteiger charge is -2.27. The monoisotopic (exact) mass is 306 g/mol. The fraction of sp³-hybridized carbons (Fsp3) is 0.800. The van der Waals surface area contributed by atoms with Gasteiger partial charge in [0.2, 0.25) is 0 Å². The van der Waals surface area contributed by atoms with Crippen LogP contribution in [0.5, 0.6) is 0 Å². The van der Waals surface area contributed by atoms with Gasteiger partial charge in [-0.1, -0.05) is 0 Å². The number of rotatable bonds is 12. The topological polar surface area (TPSA) is 98.5 Å². The highest BCUT2D eigenvalue weighted by Crippen LogP contribution is 1.96. The van der Waals surface area contributed by atoms with Crippen LogP contribution in [-0.4, -0.2) is 106 Å². The molecule has 0 atom stereocenters. The number of nitrogens with one attached hydrogen (secondary N) is 2. The van der Waals surface area contributed by atoms with Crippen LogP contribution in [0.4, 0.5) is 0 Å². The van der Waals surface area contributed by atoms with Gasteiger partial charge < -0.3 is 25.8 Å². The second-order valence-corrected chi connectivity index (χ2v) is 4.88. The summed E-state index contributed by atoms with van der Waals surface area (Å²) in [6.07, 6.45) is 1.23. The summed E-state index contributed by atoms with van der Waals surface area (Å²) >= 11 is 0. The van der Waals surface area contributed by atoms with Crippen LogP contribution in [0.1, 0.15) is 12.8 Å². The zero-order chi connectivity index (χ0) is 17.9. The quantitative estimate of drug-likeness (QED) is 0.100. The van der Waals surface area contributed by atoms with Gasteiger partial charge in [0.25, 0.3) is 0 Å². The molecule has 112 valence electrons. The third-order valence-electron chi connectivity index (χ3n) is 2.83. The predicted molar refractivity (Wildman–Crippen MR) is 94.5 cm³/mol. The third-order valence-corrected chi connectivity index (χ3v) is 2.83. The molecule has 0 unspecified atom stereocenters. The van der Waals surface area contributed by atoms with Gasteiger partial charge in [-0.15, -0.1) is 10.3 Å². The number of hydrogen-bond acceptors (Lipinski definition) is 7. The first-order valence-electron chi connectivity index (χ1n) is 6.86. The Kier molecular flexibility index (Phi) is 10.5. The summed E-state index contributed by atoms with van der Waals surface area (Å²) in [7, 11) is 32.9. The first-order chi connectivity index (χ1) is 10.7. The lowest BCUT2D eigenvalue weighted by molar-refractivity contribution is 0.129. The molecule has 0 saturated heterocycles. The number of nitrogens with zero attached hydrogens (tertiary/aromatic N) is 2. The Morgan fingerprint density at radius 2 is 1.17 bits per heavy atom. The second kappa shape index (κ2) is 10.9. The van der Waals surface area contributed by atoms with Gasteiger partial charge in [-0.3, -0.25) is 0 Å². The average molecular weight is 305 g/mol. The summed E-state index contributed by atoms with van der Waals surface area (Å²) in [6, 6.07) is 0. The van der Waals surface area contributed by atoms with E-state index < -0.39 is 10.7 Å². The van der Waals surface area contributed by atoms with Crippen LogP contribution in [0.25, 0.3) is 0 Å². The molecule has 0 bridgehead atoms. The van der Waals surface area contributed by atoms with E-state index in [1.54, 1.807) is 0 Å². The maximum atomic E-state index is 8.49. The molecular weight excluding hydrogens is 289 g/mol. The number of ether oxygens (including phenoxy) is 1. The van der Waals surface area contributed by atoms with Crippen LogP contribution in [0, 0.1) is 0 Å². The molecule has 0 fully saturated rings. The molecule has 0 spiro atoms.